The van der Waals surface area contributed by atoms with Crippen molar-refractivity contribution in [3.8, 4) is 0 Å². The molecule has 0 aromatic carbocycles. The van der Waals surface area contributed by atoms with Crippen molar-refractivity contribution in [1.29, 1.82) is 0 Å². The molecule has 5 rings (SSSR count). The van der Waals surface area contributed by atoms with Gasteiger partial charge in [-0.2, -0.15) is 5.10 Å². The predicted molar refractivity (Wildman–Crippen MR) is 107 cm³/mol. The maximum Gasteiger partial charge on any atom is 0.256 e. The summed E-state index contributed by atoms with van der Waals surface area (Å²) < 4.78 is 3.70. The molecule has 0 aliphatic heterocycles. The quantitative estimate of drug-likeness (QED) is 0.507. The van der Waals surface area contributed by atoms with E-state index in [1.165, 1.54) is 0 Å². The lowest BCUT2D eigenvalue weighted by atomic mass is 10.2. The number of imidazole rings is 1. The van der Waals surface area contributed by atoms with E-state index in [1.807, 2.05) is 53.2 Å². The second kappa shape index (κ2) is 7.12. The molecule has 0 spiro atoms. The van der Waals surface area contributed by atoms with Crippen LogP contribution in [0, 0.1) is 0 Å². The van der Waals surface area contributed by atoms with Crippen molar-refractivity contribution in [2.24, 2.45) is 7.05 Å². The van der Waals surface area contributed by atoms with E-state index in [2.05, 4.69) is 20.1 Å². The van der Waals surface area contributed by atoms with Crippen LogP contribution in [0.5, 0.6) is 0 Å². The lowest BCUT2D eigenvalue weighted by Gasteiger charge is -2.21. The van der Waals surface area contributed by atoms with E-state index < -0.39 is 0 Å². The number of nitrogens with zero attached hydrogens (tertiary/aromatic N) is 7. The molecule has 146 valence electrons. The first-order valence-corrected chi connectivity index (χ1v) is 9.66. The molecule has 4 heterocycles. The zero-order valence-corrected chi connectivity index (χ0v) is 16.1. The molecule has 1 saturated carbocycles. The number of aromatic nitrogens is 6. The Labute approximate surface area is 167 Å². The molecule has 8 heteroatoms. The number of carbonyl (C=O) groups is 1. The summed E-state index contributed by atoms with van der Waals surface area (Å²) in [5.74, 6) is -0.00923. The van der Waals surface area contributed by atoms with Crippen molar-refractivity contribution in [3.63, 3.8) is 0 Å². The minimum absolute atomic E-state index is 0.00923. The van der Waals surface area contributed by atoms with Gasteiger partial charge in [0.2, 0.25) is 0 Å². The van der Waals surface area contributed by atoms with Crippen molar-refractivity contribution < 1.29 is 4.79 Å². The van der Waals surface area contributed by atoms with E-state index in [1.54, 1.807) is 23.4 Å². The average Bonchev–Trinajstić information content (AvgIpc) is 3.39. The van der Waals surface area contributed by atoms with Crippen molar-refractivity contribution in [2.45, 2.75) is 32.0 Å². The first-order valence-electron chi connectivity index (χ1n) is 9.66. The van der Waals surface area contributed by atoms with Crippen molar-refractivity contribution in [2.75, 3.05) is 0 Å². The van der Waals surface area contributed by atoms with Gasteiger partial charge in [0.15, 0.2) is 5.65 Å². The SMILES string of the molecule is Cn1cc(CN(C(=O)c2cnc3c(c2)ncn3Cc2ccccn2)C2CC2)cn1. The summed E-state index contributed by atoms with van der Waals surface area (Å²) in [6.07, 6.45) is 11.0. The topological polar surface area (TPSA) is 81.7 Å². The van der Waals surface area contributed by atoms with Gasteiger partial charge >= 0.3 is 0 Å². The molecule has 1 aliphatic carbocycles. The van der Waals surface area contributed by atoms with Gasteiger partial charge in [-0.1, -0.05) is 6.07 Å². The Bertz CT molecular complexity index is 1160. The van der Waals surface area contributed by atoms with Crippen LogP contribution in [0.3, 0.4) is 0 Å². The molecule has 4 aromatic heterocycles. The van der Waals surface area contributed by atoms with E-state index in [4.69, 9.17) is 0 Å². The van der Waals surface area contributed by atoms with E-state index in [0.717, 1.165) is 29.7 Å². The maximum atomic E-state index is 13.2. The predicted octanol–water partition coefficient (Wildman–Crippen LogP) is 2.41. The second-order valence-electron chi connectivity index (χ2n) is 7.45. The number of rotatable bonds is 6. The van der Waals surface area contributed by atoms with Gasteiger partial charge in [0.25, 0.3) is 5.91 Å². The van der Waals surface area contributed by atoms with Gasteiger partial charge < -0.3 is 9.47 Å². The number of hydrogen-bond donors (Lipinski definition) is 0. The Morgan fingerprint density at radius 2 is 2.10 bits per heavy atom. The Balaban J connectivity index is 1.40. The van der Waals surface area contributed by atoms with Crippen LogP contribution in [-0.4, -0.2) is 46.1 Å². The minimum atomic E-state index is -0.00923. The Hall–Kier alpha value is -3.55. The van der Waals surface area contributed by atoms with Crippen LogP contribution < -0.4 is 0 Å². The standard InChI is InChI=1S/C21H21N7O/c1-26-11-15(9-25-26)12-28(18-5-6-18)21(29)16-8-19-20(23-10-16)27(14-24-19)13-17-4-2-3-7-22-17/h2-4,7-11,14,18H,5-6,12-13H2,1H3. The molecule has 8 nitrogen and oxygen atoms in total. The fourth-order valence-electron chi connectivity index (χ4n) is 3.52. The molecule has 1 aliphatic rings. The number of hydrogen-bond acceptors (Lipinski definition) is 5. The van der Waals surface area contributed by atoms with Crippen LogP contribution in [0.2, 0.25) is 0 Å². The van der Waals surface area contributed by atoms with Crippen LogP contribution in [0.25, 0.3) is 11.2 Å². The average molecular weight is 387 g/mol. The largest absolute Gasteiger partial charge is 0.331 e. The zero-order valence-electron chi connectivity index (χ0n) is 16.1. The van der Waals surface area contributed by atoms with Crippen LogP contribution in [0.1, 0.15) is 34.5 Å². The van der Waals surface area contributed by atoms with Crippen LogP contribution >= 0.6 is 0 Å². The smallest absolute Gasteiger partial charge is 0.256 e. The molecule has 1 fully saturated rings. The molecule has 1 amide bonds. The third kappa shape index (κ3) is 3.61. The monoisotopic (exact) mass is 387 g/mol. The summed E-state index contributed by atoms with van der Waals surface area (Å²) in [6.45, 7) is 1.15. The van der Waals surface area contributed by atoms with Crippen molar-refractivity contribution in [3.05, 3.63) is 72.2 Å². The molecule has 0 atom stereocenters. The van der Waals surface area contributed by atoms with E-state index >= 15 is 0 Å². The molecule has 29 heavy (non-hydrogen) atoms. The highest BCUT2D eigenvalue weighted by Gasteiger charge is 2.33. The number of carbonyl (C=O) groups excluding carboxylic acids is 1. The maximum absolute atomic E-state index is 13.2. The van der Waals surface area contributed by atoms with Crippen molar-refractivity contribution in [1.82, 2.24) is 34.2 Å². The van der Waals surface area contributed by atoms with Gasteiger partial charge in [-0.05, 0) is 31.0 Å². The van der Waals surface area contributed by atoms with Crippen LogP contribution in [0.15, 0.2) is 55.4 Å². The zero-order chi connectivity index (χ0) is 19.8. The summed E-state index contributed by atoms with van der Waals surface area (Å²) in [6, 6.07) is 7.94. The van der Waals surface area contributed by atoms with Gasteiger partial charge in [-0.25, -0.2) is 9.97 Å². The number of pyridine rings is 2. The highest BCUT2D eigenvalue weighted by atomic mass is 16.2. The molecular weight excluding hydrogens is 366 g/mol. The third-order valence-corrected chi connectivity index (χ3v) is 5.12. The van der Waals surface area contributed by atoms with Crippen LogP contribution in [-0.2, 0) is 20.1 Å². The summed E-state index contributed by atoms with van der Waals surface area (Å²) in [5.41, 5.74) is 3.99. The van der Waals surface area contributed by atoms with Crippen LogP contribution in [0.4, 0.5) is 0 Å². The number of aryl methyl sites for hydroxylation is 1. The fourth-order valence-corrected chi connectivity index (χ4v) is 3.52. The lowest BCUT2D eigenvalue weighted by Crippen LogP contribution is -2.32. The summed E-state index contributed by atoms with van der Waals surface area (Å²) in [7, 11) is 1.88. The van der Waals surface area contributed by atoms with Gasteiger partial charge in [-0.3, -0.25) is 14.5 Å². The van der Waals surface area contributed by atoms with Gasteiger partial charge in [0.1, 0.15) is 5.52 Å². The Morgan fingerprint density at radius 3 is 2.83 bits per heavy atom. The first kappa shape index (κ1) is 17.5. The fraction of sp³-hybridized carbons (Fsp3) is 0.286. The second-order valence-corrected chi connectivity index (χ2v) is 7.45. The Morgan fingerprint density at radius 1 is 1.21 bits per heavy atom. The first-order chi connectivity index (χ1) is 14.2. The minimum Gasteiger partial charge on any atom is -0.331 e. The van der Waals surface area contributed by atoms with Gasteiger partial charge in [-0.15, -0.1) is 0 Å². The number of amides is 1. The summed E-state index contributed by atoms with van der Waals surface area (Å²) in [5, 5.41) is 4.21. The highest BCUT2D eigenvalue weighted by Crippen LogP contribution is 2.30. The normalized spacial score (nSPS) is 13.7. The molecule has 0 N–H and O–H groups in total. The van der Waals surface area contributed by atoms with E-state index in [9.17, 15) is 4.79 Å². The molecule has 0 bridgehead atoms. The Kier molecular flexibility index (Phi) is 4.31. The summed E-state index contributed by atoms with van der Waals surface area (Å²) in [4.78, 5) is 28.5. The highest BCUT2D eigenvalue weighted by molar-refractivity contribution is 5.96. The van der Waals surface area contributed by atoms with Gasteiger partial charge in [0, 0.05) is 43.8 Å². The van der Waals surface area contributed by atoms with Crippen molar-refractivity contribution >= 4 is 17.1 Å². The molecule has 0 radical (unpaired) electrons. The van der Waals surface area contributed by atoms with E-state index in [-0.39, 0.29) is 5.91 Å². The molecule has 4 aromatic rings. The van der Waals surface area contributed by atoms with E-state index in [0.29, 0.717) is 30.2 Å². The molecular formula is C21H21N7O. The lowest BCUT2D eigenvalue weighted by molar-refractivity contribution is 0.0729. The third-order valence-electron chi connectivity index (χ3n) is 5.12. The summed E-state index contributed by atoms with van der Waals surface area (Å²) >= 11 is 0. The molecule has 0 saturated heterocycles. The number of fused-ring (bicyclic) bond motifs is 1. The molecule has 0 unspecified atom stereocenters. The van der Waals surface area contributed by atoms with Gasteiger partial charge in [0.05, 0.1) is 30.3 Å².